The molecule has 0 N–H and O–H groups in total. The first kappa shape index (κ1) is 18.9. The number of pyridine rings is 1. The van der Waals surface area contributed by atoms with E-state index in [1.165, 1.54) is 6.07 Å². The van der Waals surface area contributed by atoms with Gasteiger partial charge in [-0.3, -0.25) is 9.78 Å². The van der Waals surface area contributed by atoms with Crippen LogP contribution in [0.2, 0.25) is 0 Å². The van der Waals surface area contributed by atoms with Crippen LogP contribution in [0.25, 0.3) is 10.9 Å². The normalized spacial score (nSPS) is 11.0. The SMILES string of the molecule is CN(CCc1ccccn1)C(=O)c1cc2ccccc2n1Cc1ccccc1F. The largest absolute Gasteiger partial charge is 0.340 e. The van der Waals surface area contributed by atoms with Gasteiger partial charge in [0, 0.05) is 48.4 Å². The Bertz CT molecular complexity index is 1140. The Kier molecular flexibility index (Phi) is 5.38. The van der Waals surface area contributed by atoms with Gasteiger partial charge in [0.25, 0.3) is 5.91 Å². The van der Waals surface area contributed by atoms with Gasteiger partial charge in [-0.25, -0.2) is 4.39 Å². The van der Waals surface area contributed by atoms with E-state index in [1.807, 2.05) is 59.2 Å². The number of para-hydroxylation sites is 1. The Hall–Kier alpha value is -3.47. The molecule has 2 aromatic carbocycles. The molecule has 146 valence electrons. The number of rotatable bonds is 6. The molecule has 4 rings (SSSR count). The number of aromatic nitrogens is 2. The molecule has 0 saturated heterocycles. The Labute approximate surface area is 169 Å². The van der Waals surface area contributed by atoms with Crippen molar-refractivity contribution >= 4 is 16.8 Å². The van der Waals surface area contributed by atoms with Gasteiger partial charge in [0.15, 0.2) is 0 Å². The van der Waals surface area contributed by atoms with E-state index in [0.717, 1.165) is 16.6 Å². The lowest BCUT2D eigenvalue weighted by atomic mass is 10.2. The molecule has 0 aliphatic heterocycles. The van der Waals surface area contributed by atoms with Crippen molar-refractivity contribution in [3.05, 3.63) is 102 Å². The van der Waals surface area contributed by atoms with Crippen LogP contribution in [0.4, 0.5) is 4.39 Å². The average molecular weight is 387 g/mol. The lowest BCUT2D eigenvalue weighted by Gasteiger charge is -2.19. The van der Waals surface area contributed by atoms with Crippen molar-refractivity contribution in [3.8, 4) is 0 Å². The molecule has 29 heavy (non-hydrogen) atoms. The molecular weight excluding hydrogens is 365 g/mol. The zero-order chi connectivity index (χ0) is 20.2. The van der Waals surface area contributed by atoms with E-state index in [4.69, 9.17) is 0 Å². The number of benzene rings is 2. The molecule has 4 nitrogen and oxygen atoms in total. The van der Waals surface area contributed by atoms with Crippen LogP contribution in [-0.2, 0) is 13.0 Å². The minimum absolute atomic E-state index is 0.0894. The summed E-state index contributed by atoms with van der Waals surface area (Å²) in [7, 11) is 1.79. The van der Waals surface area contributed by atoms with E-state index in [2.05, 4.69) is 4.98 Å². The van der Waals surface area contributed by atoms with E-state index in [0.29, 0.717) is 30.8 Å². The van der Waals surface area contributed by atoms with Gasteiger partial charge in [0.1, 0.15) is 11.5 Å². The van der Waals surface area contributed by atoms with E-state index in [9.17, 15) is 9.18 Å². The monoisotopic (exact) mass is 387 g/mol. The first-order chi connectivity index (χ1) is 14.1. The summed E-state index contributed by atoms with van der Waals surface area (Å²) in [5.74, 6) is -0.361. The topological polar surface area (TPSA) is 38.1 Å². The number of nitrogens with zero attached hydrogens (tertiary/aromatic N) is 3. The van der Waals surface area contributed by atoms with Crippen molar-refractivity contribution < 1.29 is 9.18 Å². The highest BCUT2D eigenvalue weighted by Crippen LogP contribution is 2.23. The van der Waals surface area contributed by atoms with Crippen LogP contribution in [-0.4, -0.2) is 34.0 Å². The van der Waals surface area contributed by atoms with Crippen molar-refractivity contribution in [1.29, 1.82) is 0 Å². The van der Waals surface area contributed by atoms with Crippen molar-refractivity contribution in [2.24, 2.45) is 0 Å². The van der Waals surface area contributed by atoms with E-state index >= 15 is 0 Å². The predicted molar refractivity (Wildman–Crippen MR) is 112 cm³/mol. The second kappa shape index (κ2) is 8.27. The maximum atomic E-state index is 14.3. The quantitative estimate of drug-likeness (QED) is 0.487. The summed E-state index contributed by atoms with van der Waals surface area (Å²) in [5, 5.41) is 0.963. The smallest absolute Gasteiger partial charge is 0.270 e. The Balaban J connectivity index is 1.63. The van der Waals surface area contributed by atoms with Gasteiger partial charge in [-0.05, 0) is 30.3 Å². The maximum absolute atomic E-state index is 14.3. The third-order valence-corrected chi connectivity index (χ3v) is 5.09. The van der Waals surface area contributed by atoms with Crippen LogP contribution in [0.15, 0.2) is 79.0 Å². The fourth-order valence-corrected chi connectivity index (χ4v) is 3.48. The number of hydrogen-bond donors (Lipinski definition) is 0. The van der Waals surface area contributed by atoms with E-state index in [1.54, 1.807) is 30.3 Å². The standard InChI is InChI=1S/C24H22FN3O/c1-27(15-13-20-10-6-7-14-26-20)24(29)23-16-18-8-3-5-12-22(18)28(23)17-19-9-2-4-11-21(19)25/h2-12,14,16H,13,15,17H2,1H3. The maximum Gasteiger partial charge on any atom is 0.270 e. The van der Waals surface area contributed by atoms with Crippen LogP contribution >= 0.6 is 0 Å². The number of halogens is 1. The molecular formula is C24H22FN3O. The molecule has 0 aliphatic rings. The van der Waals surface area contributed by atoms with Crippen LogP contribution in [0, 0.1) is 5.82 Å². The molecule has 0 bridgehead atoms. The fraction of sp³-hybridized carbons (Fsp3) is 0.167. The zero-order valence-corrected chi connectivity index (χ0v) is 16.3. The minimum atomic E-state index is -0.271. The molecule has 0 fully saturated rings. The summed E-state index contributed by atoms with van der Waals surface area (Å²) >= 11 is 0. The molecule has 4 aromatic rings. The van der Waals surface area contributed by atoms with Gasteiger partial charge < -0.3 is 9.47 Å². The first-order valence-electron chi connectivity index (χ1n) is 9.60. The van der Waals surface area contributed by atoms with Crippen LogP contribution in [0.3, 0.4) is 0 Å². The van der Waals surface area contributed by atoms with E-state index in [-0.39, 0.29) is 11.7 Å². The second-order valence-corrected chi connectivity index (χ2v) is 7.06. The molecule has 0 unspecified atom stereocenters. The molecule has 0 atom stereocenters. The van der Waals surface area contributed by atoms with Crippen LogP contribution in [0.1, 0.15) is 21.7 Å². The van der Waals surface area contributed by atoms with Gasteiger partial charge in [0.05, 0.1) is 6.54 Å². The second-order valence-electron chi connectivity index (χ2n) is 7.06. The average Bonchev–Trinajstić information content (AvgIpc) is 3.12. The van der Waals surface area contributed by atoms with Gasteiger partial charge >= 0.3 is 0 Å². The van der Waals surface area contributed by atoms with Gasteiger partial charge in [-0.15, -0.1) is 0 Å². The summed E-state index contributed by atoms with van der Waals surface area (Å²) in [6.45, 7) is 0.854. The summed E-state index contributed by atoms with van der Waals surface area (Å²) in [4.78, 5) is 19.2. The Morgan fingerprint density at radius 1 is 1.03 bits per heavy atom. The Morgan fingerprint density at radius 3 is 2.59 bits per heavy atom. The third kappa shape index (κ3) is 4.04. The van der Waals surface area contributed by atoms with Crippen molar-refractivity contribution in [2.45, 2.75) is 13.0 Å². The molecule has 1 amide bonds. The number of fused-ring (bicyclic) bond motifs is 1. The number of carbonyl (C=O) groups is 1. The number of amides is 1. The summed E-state index contributed by atoms with van der Waals surface area (Å²) in [5.41, 5.74) is 2.97. The molecule has 0 saturated carbocycles. The van der Waals surface area contributed by atoms with Gasteiger partial charge in [0.2, 0.25) is 0 Å². The fourth-order valence-electron chi connectivity index (χ4n) is 3.48. The molecule has 0 radical (unpaired) electrons. The molecule has 2 heterocycles. The highest BCUT2D eigenvalue weighted by Gasteiger charge is 2.20. The van der Waals surface area contributed by atoms with Crippen molar-refractivity contribution in [3.63, 3.8) is 0 Å². The van der Waals surface area contributed by atoms with Crippen LogP contribution < -0.4 is 0 Å². The van der Waals surface area contributed by atoms with Gasteiger partial charge in [-0.2, -0.15) is 0 Å². The Morgan fingerprint density at radius 2 is 1.79 bits per heavy atom. The summed E-state index contributed by atoms with van der Waals surface area (Å²) in [6.07, 6.45) is 2.43. The third-order valence-electron chi connectivity index (χ3n) is 5.09. The van der Waals surface area contributed by atoms with Gasteiger partial charge in [-0.1, -0.05) is 42.5 Å². The van der Waals surface area contributed by atoms with Crippen LogP contribution in [0.5, 0.6) is 0 Å². The first-order valence-corrected chi connectivity index (χ1v) is 9.60. The molecule has 0 aliphatic carbocycles. The lowest BCUT2D eigenvalue weighted by molar-refractivity contribution is 0.0786. The molecule has 5 heteroatoms. The zero-order valence-electron chi connectivity index (χ0n) is 16.3. The minimum Gasteiger partial charge on any atom is -0.340 e. The highest BCUT2D eigenvalue weighted by atomic mass is 19.1. The summed E-state index contributed by atoms with van der Waals surface area (Å²) < 4.78 is 16.2. The predicted octanol–water partition coefficient (Wildman–Crippen LogP) is 4.54. The van der Waals surface area contributed by atoms with E-state index < -0.39 is 0 Å². The number of likely N-dealkylation sites (N-methyl/N-ethyl adjacent to an activating group) is 1. The van der Waals surface area contributed by atoms with Crippen molar-refractivity contribution in [1.82, 2.24) is 14.5 Å². The van der Waals surface area contributed by atoms with Crippen molar-refractivity contribution in [2.75, 3.05) is 13.6 Å². The molecule has 2 aromatic heterocycles. The molecule has 0 spiro atoms. The number of hydrogen-bond acceptors (Lipinski definition) is 2. The number of carbonyl (C=O) groups excluding carboxylic acids is 1. The summed E-state index contributed by atoms with van der Waals surface area (Å²) in [6, 6.07) is 22.1. The highest BCUT2D eigenvalue weighted by molar-refractivity contribution is 5.98. The lowest BCUT2D eigenvalue weighted by Crippen LogP contribution is -2.30.